The fourth-order valence-electron chi connectivity index (χ4n) is 1.70. The predicted octanol–water partition coefficient (Wildman–Crippen LogP) is 3.34. The Balaban J connectivity index is 2.72. The van der Waals surface area contributed by atoms with Crippen molar-refractivity contribution in [3.8, 4) is 0 Å². The van der Waals surface area contributed by atoms with Crippen molar-refractivity contribution in [2.24, 2.45) is 10.9 Å². The predicted molar refractivity (Wildman–Crippen MR) is 80.0 cm³/mol. The molecular weight excluding hydrogens is 285 g/mol. The summed E-state index contributed by atoms with van der Waals surface area (Å²) in [6.45, 7) is 5.59. The van der Waals surface area contributed by atoms with Crippen LogP contribution in [-0.2, 0) is 6.54 Å². The molecule has 0 aliphatic carbocycles. The quantitative estimate of drug-likeness (QED) is 0.367. The van der Waals surface area contributed by atoms with Crippen molar-refractivity contribution in [2.75, 3.05) is 6.54 Å². The third-order valence-corrected chi connectivity index (χ3v) is 3.49. The van der Waals surface area contributed by atoms with Crippen LogP contribution in [0, 0.1) is 0 Å². The minimum absolute atomic E-state index is 0.229. The van der Waals surface area contributed by atoms with Crippen LogP contribution in [-0.4, -0.2) is 28.5 Å². The fourth-order valence-corrected chi connectivity index (χ4v) is 2.16. The molecule has 6 heteroatoms. The highest BCUT2D eigenvalue weighted by molar-refractivity contribution is 6.35. The molecule has 0 unspecified atom stereocenters. The van der Waals surface area contributed by atoms with Crippen molar-refractivity contribution in [1.82, 2.24) is 4.90 Å². The lowest BCUT2D eigenvalue weighted by Crippen LogP contribution is -2.33. The van der Waals surface area contributed by atoms with E-state index in [2.05, 4.69) is 23.9 Å². The zero-order chi connectivity index (χ0) is 14.4. The molecule has 0 fully saturated rings. The minimum atomic E-state index is 0.229. The number of nitrogens with two attached hydrogens (primary N) is 1. The van der Waals surface area contributed by atoms with E-state index in [4.69, 9.17) is 34.1 Å². The molecule has 106 valence electrons. The van der Waals surface area contributed by atoms with E-state index in [0.717, 1.165) is 5.56 Å². The monoisotopic (exact) mass is 303 g/mol. The zero-order valence-corrected chi connectivity index (χ0v) is 12.6. The second-order valence-corrected chi connectivity index (χ2v) is 5.48. The van der Waals surface area contributed by atoms with Gasteiger partial charge in [-0.1, -0.05) is 34.4 Å². The number of nitrogens with zero attached hydrogens (tertiary/aromatic N) is 2. The van der Waals surface area contributed by atoms with E-state index in [-0.39, 0.29) is 5.84 Å². The molecule has 0 heterocycles. The number of benzene rings is 1. The average Bonchev–Trinajstić information content (AvgIpc) is 2.35. The minimum Gasteiger partial charge on any atom is -0.409 e. The van der Waals surface area contributed by atoms with Crippen molar-refractivity contribution in [3.63, 3.8) is 0 Å². The van der Waals surface area contributed by atoms with E-state index in [9.17, 15) is 0 Å². The molecule has 0 aliphatic rings. The van der Waals surface area contributed by atoms with Crippen molar-refractivity contribution in [1.29, 1.82) is 0 Å². The van der Waals surface area contributed by atoms with Crippen molar-refractivity contribution in [3.05, 3.63) is 33.8 Å². The SMILES string of the molecule is CC(C)N(CCC(N)=NO)Cc1ccc(Cl)cc1Cl. The first-order valence-electron chi connectivity index (χ1n) is 6.08. The molecule has 19 heavy (non-hydrogen) atoms. The van der Waals surface area contributed by atoms with Gasteiger partial charge in [0.05, 0.1) is 0 Å². The van der Waals surface area contributed by atoms with Gasteiger partial charge in [0.25, 0.3) is 0 Å². The number of hydrogen-bond acceptors (Lipinski definition) is 3. The van der Waals surface area contributed by atoms with Crippen LogP contribution in [0.4, 0.5) is 0 Å². The standard InChI is InChI=1S/C13H19Cl2N3O/c1-9(2)18(6-5-13(16)17-19)8-10-3-4-11(14)7-12(10)15/h3-4,7,9,19H,5-6,8H2,1-2H3,(H2,16,17). The maximum atomic E-state index is 8.56. The summed E-state index contributed by atoms with van der Waals surface area (Å²) in [4.78, 5) is 2.20. The number of rotatable bonds is 6. The molecule has 0 saturated carbocycles. The highest BCUT2D eigenvalue weighted by atomic mass is 35.5. The van der Waals surface area contributed by atoms with Gasteiger partial charge in [-0.15, -0.1) is 0 Å². The molecule has 0 aliphatic heterocycles. The molecule has 0 radical (unpaired) electrons. The lowest BCUT2D eigenvalue weighted by Gasteiger charge is -2.26. The maximum Gasteiger partial charge on any atom is 0.140 e. The van der Waals surface area contributed by atoms with E-state index < -0.39 is 0 Å². The molecule has 3 N–H and O–H groups in total. The molecular formula is C13H19Cl2N3O. The number of amidine groups is 1. The summed E-state index contributed by atoms with van der Waals surface area (Å²) in [6, 6.07) is 5.81. The van der Waals surface area contributed by atoms with E-state index in [1.165, 1.54) is 0 Å². The van der Waals surface area contributed by atoms with Crippen LogP contribution in [0.15, 0.2) is 23.4 Å². The van der Waals surface area contributed by atoms with E-state index in [0.29, 0.717) is 35.6 Å². The van der Waals surface area contributed by atoms with Crippen LogP contribution in [0.1, 0.15) is 25.8 Å². The third kappa shape index (κ3) is 5.27. The summed E-state index contributed by atoms with van der Waals surface area (Å²) in [5.41, 5.74) is 6.51. The van der Waals surface area contributed by atoms with Gasteiger partial charge in [0.1, 0.15) is 5.84 Å². The van der Waals surface area contributed by atoms with E-state index in [1.54, 1.807) is 6.07 Å². The Morgan fingerprint density at radius 1 is 1.42 bits per heavy atom. The molecule has 0 bridgehead atoms. The smallest absolute Gasteiger partial charge is 0.140 e. The Morgan fingerprint density at radius 3 is 2.63 bits per heavy atom. The van der Waals surface area contributed by atoms with Gasteiger partial charge in [-0.05, 0) is 31.5 Å². The first-order chi connectivity index (χ1) is 8.93. The van der Waals surface area contributed by atoms with Gasteiger partial charge in [0.15, 0.2) is 0 Å². The average molecular weight is 304 g/mol. The fraction of sp³-hybridized carbons (Fsp3) is 0.462. The van der Waals surface area contributed by atoms with Crippen LogP contribution in [0.25, 0.3) is 0 Å². The van der Waals surface area contributed by atoms with Crippen molar-refractivity contribution >= 4 is 29.0 Å². The topological polar surface area (TPSA) is 61.8 Å². The molecule has 0 aromatic heterocycles. The second kappa shape index (κ2) is 7.58. The Morgan fingerprint density at radius 2 is 2.11 bits per heavy atom. The number of halogens is 2. The van der Waals surface area contributed by atoms with Gasteiger partial charge in [-0.3, -0.25) is 4.90 Å². The van der Waals surface area contributed by atoms with Gasteiger partial charge in [-0.2, -0.15) is 0 Å². The largest absolute Gasteiger partial charge is 0.409 e. The molecule has 0 amide bonds. The van der Waals surface area contributed by atoms with Crippen molar-refractivity contribution in [2.45, 2.75) is 32.9 Å². The Labute approximate surface area is 123 Å². The molecule has 0 spiro atoms. The molecule has 1 aromatic carbocycles. The molecule has 1 aromatic rings. The normalized spacial score (nSPS) is 12.4. The molecule has 0 saturated heterocycles. The first kappa shape index (κ1) is 16.1. The summed E-state index contributed by atoms with van der Waals surface area (Å²) in [5, 5.41) is 12.8. The van der Waals surface area contributed by atoms with Gasteiger partial charge in [0.2, 0.25) is 0 Å². The van der Waals surface area contributed by atoms with Gasteiger partial charge >= 0.3 is 0 Å². The lowest BCUT2D eigenvalue weighted by molar-refractivity contribution is 0.218. The zero-order valence-electron chi connectivity index (χ0n) is 11.1. The van der Waals surface area contributed by atoms with Crippen molar-refractivity contribution < 1.29 is 5.21 Å². The number of hydrogen-bond donors (Lipinski definition) is 2. The Bertz CT molecular complexity index is 450. The van der Waals surface area contributed by atoms with Gasteiger partial charge < -0.3 is 10.9 Å². The van der Waals surface area contributed by atoms with Crippen LogP contribution in [0.2, 0.25) is 10.0 Å². The maximum absolute atomic E-state index is 8.56. The van der Waals surface area contributed by atoms with Crippen LogP contribution < -0.4 is 5.73 Å². The van der Waals surface area contributed by atoms with Crippen LogP contribution in [0.5, 0.6) is 0 Å². The van der Waals surface area contributed by atoms with Crippen LogP contribution >= 0.6 is 23.2 Å². The first-order valence-corrected chi connectivity index (χ1v) is 6.84. The summed E-state index contributed by atoms with van der Waals surface area (Å²) < 4.78 is 0. The van der Waals surface area contributed by atoms with Gasteiger partial charge in [0, 0.05) is 35.6 Å². The summed E-state index contributed by atoms with van der Waals surface area (Å²) in [5.74, 6) is 0.229. The molecule has 4 nitrogen and oxygen atoms in total. The highest BCUT2D eigenvalue weighted by Gasteiger charge is 2.13. The summed E-state index contributed by atoms with van der Waals surface area (Å²) >= 11 is 12.0. The van der Waals surface area contributed by atoms with Crippen LogP contribution in [0.3, 0.4) is 0 Å². The summed E-state index contributed by atoms with van der Waals surface area (Å²) in [6.07, 6.45) is 0.514. The van der Waals surface area contributed by atoms with Gasteiger partial charge in [-0.25, -0.2) is 0 Å². The lowest BCUT2D eigenvalue weighted by atomic mass is 10.1. The third-order valence-electron chi connectivity index (χ3n) is 2.90. The highest BCUT2D eigenvalue weighted by Crippen LogP contribution is 2.23. The summed E-state index contributed by atoms with van der Waals surface area (Å²) in [7, 11) is 0. The molecule has 0 atom stereocenters. The van der Waals surface area contributed by atoms with E-state index >= 15 is 0 Å². The second-order valence-electron chi connectivity index (χ2n) is 4.64. The van der Waals surface area contributed by atoms with E-state index in [1.807, 2.05) is 12.1 Å². The Hall–Kier alpha value is -0.970. The Kier molecular flexibility index (Phi) is 6.42. The molecule has 1 rings (SSSR count). The number of oxime groups is 1.